The molecule has 1 saturated heterocycles. The van der Waals surface area contributed by atoms with Gasteiger partial charge in [-0.05, 0) is 43.9 Å². The molecule has 1 aromatic carbocycles. The molecule has 1 fully saturated rings. The lowest BCUT2D eigenvalue weighted by Crippen LogP contribution is -2.07. The van der Waals surface area contributed by atoms with Crippen molar-refractivity contribution in [2.24, 2.45) is 0 Å². The number of hydrogen-bond donors (Lipinski definition) is 1. The lowest BCUT2D eigenvalue weighted by atomic mass is 10.1. The molecule has 2 rings (SSSR count). The highest BCUT2D eigenvalue weighted by atomic mass is 35.5. The molecule has 0 aromatic heterocycles. The molecule has 2 unspecified atom stereocenters. The van der Waals surface area contributed by atoms with Crippen LogP contribution in [0.15, 0.2) is 23.1 Å². The summed E-state index contributed by atoms with van der Waals surface area (Å²) >= 11 is 6.03. The maximum atomic E-state index is 12.1. The van der Waals surface area contributed by atoms with Crippen molar-refractivity contribution in [2.75, 3.05) is 18.1 Å². The first-order chi connectivity index (χ1) is 8.66. The second-order valence-corrected chi connectivity index (χ2v) is 6.46. The Morgan fingerprint density at radius 1 is 1.50 bits per heavy atom. The molecule has 0 aliphatic carbocycles. The van der Waals surface area contributed by atoms with Crippen LogP contribution in [0.4, 0.5) is 5.69 Å². The van der Waals surface area contributed by atoms with Gasteiger partial charge in [-0.15, -0.1) is 0 Å². The van der Waals surface area contributed by atoms with Crippen LogP contribution in [0, 0.1) is 0 Å². The zero-order chi connectivity index (χ0) is 13.0. The summed E-state index contributed by atoms with van der Waals surface area (Å²) in [5.74, 6) is 0.628. The number of hydrogen-bond acceptors (Lipinski definition) is 3. The Labute approximate surface area is 115 Å². The molecule has 5 heteroatoms. The van der Waals surface area contributed by atoms with Crippen molar-refractivity contribution >= 4 is 28.1 Å². The lowest BCUT2D eigenvalue weighted by molar-refractivity contribution is 0.104. The molecule has 2 atom stereocenters. The van der Waals surface area contributed by atoms with E-state index < -0.39 is 10.8 Å². The molecular weight excluding hydrogens is 270 g/mol. The molecule has 1 aromatic rings. The average Bonchev–Trinajstić information content (AvgIpc) is 2.81. The van der Waals surface area contributed by atoms with Crippen molar-refractivity contribution in [3.8, 4) is 0 Å². The number of halogens is 1. The Morgan fingerprint density at radius 3 is 3.00 bits per heavy atom. The molecule has 1 heterocycles. The van der Waals surface area contributed by atoms with E-state index in [0.29, 0.717) is 27.5 Å². The summed E-state index contributed by atoms with van der Waals surface area (Å²) in [4.78, 5) is 0.679. The Morgan fingerprint density at radius 2 is 2.33 bits per heavy atom. The van der Waals surface area contributed by atoms with Crippen LogP contribution in [0.3, 0.4) is 0 Å². The Balaban J connectivity index is 1.83. The van der Waals surface area contributed by atoms with Crippen LogP contribution < -0.4 is 5.73 Å². The highest BCUT2D eigenvalue weighted by Gasteiger charge is 2.16. The van der Waals surface area contributed by atoms with Crippen molar-refractivity contribution in [1.82, 2.24) is 0 Å². The van der Waals surface area contributed by atoms with Gasteiger partial charge >= 0.3 is 0 Å². The minimum atomic E-state index is -1.05. The summed E-state index contributed by atoms with van der Waals surface area (Å²) < 4.78 is 17.6. The van der Waals surface area contributed by atoms with Gasteiger partial charge in [0, 0.05) is 18.0 Å². The summed E-state index contributed by atoms with van der Waals surface area (Å²) in [6.45, 7) is 0.873. The van der Waals surface area contributed by atoms with Gasteiger partial charge in [-0.25, -0.2) is 0 Å². The quantitative estimate of drug-likeness (QED) is 0.847. The van der Waals surface area contributed by atoms with Gasteiger partial charge in [0.2, 0.25) is 0 Å². The molecule has 1 aliphatic rings. The third-order valence-corrected chi connectivity index (χ3v) is 5.01. The van der Waals surface area contributed by atoms with Crippen LogP contribution in [0.1, 0.15) is 25.7 Å². The zero-order valence-corrected chi connectivity index (χ0v) is 11.8. The molecule has 18 heavy (non-hydrogen) atoms. The zero-order valence-electron chi connectivity index (χ0n) is 10.2. The first-order valence-corrected chi connectivity index (χ1v) is 7.91. The van der Waals surface area contributed by atoms with Gasteiger partial charge in [-0.3, -0.25) is 4.21 Å². The Hall–Kier alpha value is -0.580. The third kappa shape index (κ3) is 3.70. The molecular formula is C13H18ClNO2S. The van der Waals surface area contributed by atoms with E-state index in [1.807, 2.05) is 0 Å². The summed E-state index contributed by atoms with van der Waals surface area (Å²) in [5.41, 5.74) is 6.21. The number of nitrogens with two attached hydrogens (primary N) is 1. The van der Waals surface area contributed by atoms with E-state index >= 15 is 0 Å². The van der Waals surface area contributed by atoms with Gasteiger partial charge in [-0.1, -0.05) is 11.6 Å². The predicted molar refractivity (Wildman–Crippen MR) is 75.3 cm³/mol. The van der Waals surface area contributed by atoms with Crippen molar-refractivity contribution < 1.29 is 8.95 Å². The molecule has 0 saturated carbocycles. The number of nitrogen functional groups attached to an aromatic ring is 1. The van der Waals surface area contributed by atoms with E-state index in [-0.39, 0.29) is 0 Å². The highest BCUT2D eigenvalue weighted by Crippen LogP contribution is 2.24. The summed E-state index contributed by atoms with van der Waals surface area (Å²) in [7, 11) is -1.05. The topological polar surface area (TPSA) is 52.3 Å². The van der Waals surface area contributed by atoms with Gasteiger partial charge < -0.3 is 10.5 Å². The van der Waals surface area contributed by atoms with Crippen molar-refractivity contribution in [1.29, 1.82) is 0 Å². The molecule has 0 bridgehead atoms. The van der Waals surface area contributed by atoms with E-state index in [2.05, 4.69) is 0 Å². The molecule has 3 nitrogen and oxygen atoms in total. The van der Waals surface area contributed by atoms with Crippen LogP contribution in [-0.4, -0.2) is 22.7 Å². The van der Waals surface area contributed by atoms with Crippen molar-refractivity contribution in [2.45, 2.75) is 36.7 Å². The smallest absolute Gasteiger partial charge is 0.0587 e. The predicted octanol–water partition coefficient (Wildman–Crippen LogP) is 2.99. The Bertz CT molecular complexity index is 433. The lowest BCUT2D eigenvalue weighted by Gasteiger charge is -2.09. The van der Waals surface area contributed by atoms with Gasteiger partial charge in [0.1, 0.15) is 0 Å². The van der Waals surface area contributed by atoms with E-state index in [4.69, 9.17) is 22.1 Å². The maximum absolute atomic E-state index is 12.1. The molecule has 2 N–H and O–H groups in total. The second-order valence-electron chi connectivity index (χ2n) is 4.52. The Kier molecular flexibility index (Phi) is 5.03. The number of rotatable bonds is 5. The maximum Gasteiger partial charge on any atom is 0.0587 e. The highest BCUT2D eigenvalue weighted by molar-refractivity contribution is 7.85. The molecule has 100 valence electrons. The van der Waals surface area contributed by atoms with Crippen LogP contribution >= 0.6 is 11.6 Å². The second kappa shape index (κ2) is 6.55. The normalized spacial score (nSPS) is 21.1. The first kappa shape index (κ1) is 13.8. The summed E-state index contributed by atoms with van der Waals surface area (Å²) in [6, 6.07) is 5.13. The van der Waals surface area contributed by atoms with Gasteiger partial charge in [0.05, 0.1) is 26.8 Å². The third-order valence-electron chi connectivity index (χ3n) is 3.08. The molecule has 0 spiro atoms. The number of anilines is 1. The van der Waals surface area contributed by atoms with Crippen LogP contribution in [0.25, 0.3) is 0 Å². The van der Waals surface area contributed by atoms with E-state index in [1.54, 1.807) is 18.2 Å². The van der Waals surface area contributed by atoms with E-state index in [9.17, 15) is 4.21 Å². The summed E-state index contributed by atoms with van der Waals surface area (Å²) in [5, 5.41) is 0.491. The van der Waals surface area contributed by atoms with Crippen LogP contribution in [-0.2, 0) is 15.5 Å². The fourth-order valence-electron chi connectivity index (χ4n) is 2.13. The van der Waals surface area contributed by atoms with Crippen LogP contribution in [0.5, 0.6) is 0 Å². The van der Waals surface area contributed by atoms with Gasteiger partial charge in [0.15, 0.2) is 0 Å². The minimum Gasteiger partial charge on any atom is -0.399 e. The van der Waals surface area contributed by atoms with Crippen molar-refractivity contribution in [3.05, 3.63) is 23.2 Å². The number of ether oxygens (including phenoxy) is 1. The summed E-state index contributed by atoms with van der Waals surface area (Å²) in [6.07, 6.45) is 4.53. The van der Waals surface area contributed by atoms with E-state index in [0.717, 1.165) is 32.3 Å². The van der Waals surface area contributed by atoms with Gasteiger partial charge in [-0.2, -0.15) is 0 Å². The van der Waals surface area contributed by atoms with Crippen molar-refractivity contribution in [3.63, 3.8) is 0 Å². The standard InChI is InChI=1S/C13H18ClNO2S/c14-12-9-10(15)5-6-13(12)18(16)8-2-4-11-3-1-7-17-11/h5-6,9,11H,1-4,7-8,15H2. The average molecular weight is 288 g/mol. The van der Waals surface area contributed by atoms with Gasteiger partial charge in [0.25, 0.3) is 0 Å². The minimum absolute atomic E-state index is 0.365. The molecule has 1 aliphatic heterocycles. The molecule has 0 amide bonds. The van der Waals surface area contributed by atoms with E-state index in [1.165, 1.54) is 0 Å². The molecule has 0 radical (unpaired) electrons. The fourth-order valence-corrected chi connectivity index (χ4v) is 3.72. The first-order valence-electron chi connectivity index (χ1n) is 6.22. The fraction of sp³-hybridized carbons (Fsp3) is 0.538. The van der Waals surface area contributed by atoms with Crippen LogP contribution in [0.2, 0.25) is 5.02 Å². The monoisotopic (exact) mass is 287 g/mol. The largest absolute Gasteiger partial charge is 0.399 e. The number of benzene rings is 1. The SMILES string of the molecule is Nc1ccc(S(=O)CCCC2CCCO2)c(Cl)c1.